The van der Waals surface area contributed by atoms with Crippen molar-refractivity contribution in [2.75, 3.05) is 0 Å². The van der Waals surface area contributed by atoms with Crippen molar-refractivity contribution in [3.8, 4) is 6.07 Å². The quantitative estimate of drug-likeness (QED) is 0.660. The van der Waals surface area contributed by atoms with Crippen molar-refractivity contribution in [1.29, 1.82) is 5.26 Å². The van der Waals surface area contributed by atoms with Crippen molar-refractivity contribution >= 4 is 11.3 Å². The number of nitrogens with zero attached hydrogens (tertiary/aromatic N) is 1. The minimum atomic E-state index is -0.551. The van der Waals surface area contributed by atoms with Gasteiger partial charge in [-0.25, -0.2) is 0 Å². The Morgan fingerprint density at radius 2 is 2.50 bits per heavy atom. The minimum absolute atomic E-state index is 0.202. The topological polar surface area (TPSA) is 44.0 Å². The molecule has 2 nitrogen and oxygen atoms in total. The molecule has 0 saturated carbocycles. The molecule has 1 heterocycles. The molecule has 62 valence electrons. The smallest absolute Gasteiger partial charge is 0.0958 e. The predicted molar refractivity (Wildman–Crippen MR) is 46.7 cm³/mol. The molecule has 1 aliphatic rings. The first-order valence-corrected chi connectivity index (χ1v) is 4.85. The number of thiophene rings is 1. The van der Waals surface area contributed by atoms with Crippen LogP contribution in [0, 0.1) is 17.2 Å². The van der Waals surface area contributed by atoms with Crippen LogP contribution in [0.1, 0.15) is 23.0 Å². The average molecular weight is 179 g/mol. The molecule has 0 bridgehead atoms. The second kappa shape index (κ2) is 2.89. The predicted octanol–water partition coefficient (Wildman–Crippen LogP) is 1.87. The van der Waals surface area contributed by atoms with E-state index in [-0.39, 0.29) is 5.92 Å². The summed E-state index contributed by atoms with van der Waals surface area (Å²) in [6, 6.07) is 4.06. The zero-order chi connectivity index (χ0) is 8.55. The van der Waals surface area contributed by atoms with E-state index in [1.54, 1.807) is 11.3 Å². The van der Waals surface area contributed by atoms with Crippen molar-refractivity contribution in [3.63, 3.8) is 0 Å². The molecule has 2 atom stereocenters. The lowest BCUT2D eigenvalue weighted by Crippen LogP contribution is -2.17. The Labute approximate surface area is 75.1 Å². The van der Waals surface area contributed by atoms with Crippen molar-refractivity contribution in [3.05, 3.63) is 21.9 Å². The minimum Gasteiger partial charge on any atom is -0.387 e. The molecule has 0 aliphatic heterocycles. The highest BCUT2D eigenvalue weighted by molar-refractivity contribution is 7.10. The van der Waals surface area contributed by atoms with Crippen molar-refractivity contribution < 1.29 is 5.11 Å². The summed E-state index contributed by atoms with van der Waals surface area (Å²) in [5, 5.41) is 20.4. The fraction of sp³-hybridized carbons (Fsp3) is 0.444. The standard InChI is InChI=1S/C9H9NOS/c10-5-6-1-2-8-7(9(6)11)3-4-12-8/h3-4,6,9,11H,1-2H2. The molecule has 0 amide bonds. The number of fused-ring (bicyclic) bond motifs is 1. The van der Waals surface area contributed by atoms with Crippen LogP contribution in [0.15, 0.2) is 11.4 Å². The van der Waals surface area contributed by atoms with Gasteiger partial charge in [-0.05, 0) is 29.9 Å². The van der Waals surface area contributed by atoms with Gasteiger partial charge in [0.05, 0.1) is 18.1 Å². The fourth-order valence-electron chi connectivity index (χ4n) is 1.61. The lowest BCUT2D eigenvalue weighted by molar-refractivity contribution is 0.122. The highest BCUT2D eigenvalue weighted by Crippen LogP contribution is 2.36. The van der Waals surface area contributed by atoms with Gasteiger partial charge < -0.3 is 5.11 Å². The maximum absolute atomic E-state index is 9.69. The molecule has 0 radical (unpaired) electrons. The number of hydrogen-bond donors (Lipinski definition) is 1. The molecule has 12 heavy (non-hydrogen) atoms. The zero-order valence-corrected chi connectivity index (χ0v) is 7.34. The fourth-order valence-corrected chi connectivity index (χ4v) is 2.55. The van der Waals surface area contributed by atoms with Gasteiger partial charge in [0.1, 0.15) is 0 Å². The van der Waals surface area contributed by atoms with Crippen LogP contribution in [0.3, 0.4) is 0 Å². The van der Waals surface area contributed by atoms with Crippen LogP contribution in [0.2, 0.25) is 0 Å². The Balaban J connectivity index is 2.36. The maximum Gasteiger partial charge on any atom is 0.0958 e. The molecule has 2 rings (SSSR count). The van der Waals surface area contributed by atoms with Crippen LogP contribution in [0.4, 0.5) is 0 Å². The molecule has 0 saturated heterocycles. The van der Waals surface area contributed by atoms with Gasteiger partial charge in [-0.3, -0.25) is 0 Å². The van der Waals surface area contributed by atoms with Crippen molar-refractivity contribution in [1.82, 2.24) is 0 Å². The summed E-state index contributed by atoms with van der Waals surface area (Å²) >= 11 is 1.67. The third-order valence-electron chi connectivity index (χ3n) is 2.33. The van der Waals surface area contributed by atoms with E-state index in [4.69, 9.17) is 5.26 Å². The third-order valence-corrected chi connectivity index (χ3v) is 3.32. The van der Waals surface area contributed by atoms with Gasteiger partial charge in [0.25, 0.3) is 0 Å². The molecule has 1 N–H and O–H groups in total. The van der Waals surface area contributed by atoms with Crippen LogP contribution in [-0.2, 0) is 6.42 Å². The second-order valence-corrected chi connectivity index (χ2v) is 4.02. The summed E-state index contributed by atoms with van der Waals surface area (Å²) < 4.78 is 0. The number of nitriles is 1. The molecular weight excluding hydrogens is 170 g/mol. The van der Waals surface area contributed by atoms with Gasteiger partial charge in [0.15, 0.2) is 0 Å². The Kier molecular flexibility index (Phi) is 1.87. The Morgan fingerprint density at radius 1 is 1.67 bits per heavy atom. The van der Waals surface area contributed by atoms with E-state index in [0.717, 1.165) is 18.4 Å². The van der Waals surface area contributed by atoms with Crippen LogP contribution in [-0.4, -0.2) is 5.11 Å². The van der Waals surface area contributed by atoms with E-state index in [1.807, 2.05) is 11.4 Å². The number of aryl methyl sites for hydroxylation is 1. The monoisotopic (exact) mass is 179 g/mol. The first kappa shape index (κ1) is 7.78. The third kappa shape index (κ3) is 1.04. The summed E-state index contributed by atoms with van der Waals surface area (Å²) in [5.74, 6) is -0.202. The SMILES string of the molecule is N#CC1CCc2sccc2C1O. The van der Waals surface area contributed by atoms with Gasteiger partial charge in [-0.15, -0.1) is 11.3 Å². The number of hydrogen-bond acceptors (Lipinski definition) is 3. The molecule has 1 aliphatic carbocycles. The number of rotatable bonds is 0. The Hall–Kier alpha value is -0.850. The van der Waals surface area contributed by atoms with Gasteiger partial charge in [-0.2, -0.15) is 5.26 Å². The summed E-state index contributed by atoms with van der Waals surface area (Å²) in [6.45, 7) is 0. The highest BCUT2D eigenvalue weighted by atomic mass is 32.1. The maximum atomic E-state index is 9.69. The first-order chi connectivity index (χ1) is 5.83. The van der Waals surface area contributed by atoms with E-state index in [1.165, 1.54) is 4.88 Å². The molecule has 1 aromatic rings. The Bertz CT molecular complexity index is 326. The molecule has 1 aromatic heterocycles. The second-order valence-electron chi connectivity index (χ2n) is 3.02. The van der Waals surface area contributed by atoms with E-state index in [2.05, 4.69) is 6.07 Å². The molecule has 2 unspecified atom stereocenters. The van der Waals surface area contributed by atoms with Crippen molar-refractivity contribution in [2.24, 2.45) is 5.92 Å². The van der Waals surface area contributed by atoms with Crippen LogP contribution >= 0.6 is 11.3 Å². The van der Waals surface area contributed by atoms with Gasteiger partial charge in [0.2, 0.25) is 0 Å². The first-order valence-electron chi connectivity index (χ1n) is 3.97. The average Bonchev–Trinajstić information content (AvgIpc) is 2.53. The lowest BCUT2D eigenvalue weighted by Gasteiger charge is -2.22. The summed E-state index contributed by atoms with van der Waals surface area (Å²) in [5.41, 5.74) is 0.970. The van der Waals surface area contributed by atoms with E-state index >= 15 is 0 Å². The molecule has 3 heteroatoms. The van der Waals surface area contributed by atoms with Crippen LogP contribution in [0.25, 0.3) is 0 Å². The number of aliphatic hydroxyl groups is 1. The van der Waals surface area contributed by atoms with E-state index < -0.39 is 6.10 Å². The van der Waals surface area contributed by atoms with E-state index in [0.29, 0.717) is 0 Å². The summed E-state index contributed by atoms with van der Waals surface area (Å²) in [4.78, 5) is 1.24. The largest absolute Gasteiger partial charge is 0.387 e. The molecule has 0 fully saturated rings. The summed E-state index contributed by atoms with van der Waals surface area (Å²) in [7, 11) is 0. The van der Waals surface area contributed by atoms with E-state index in [9.17, 15) is 5.11 Å². The highest BCUT2D eigenvalue weighted by Gasteiger charge is 2.28. The normalized spacial score (nSPS) is 27.7. The zero-order valence-electron chi connectivity index (χ0n) is 6.53. The van der Waals surface area contributed by atoms with Crippen LogP contribution in [0.5, 0.6) is 0 Å². The van der Waals surface area contributed by atoms with Crippen LogP contribution < -0.4 is 0 Å². The van der Waals surface area contributed by atoms with Crippen molar-refractivity contribution in [2.45, 2.75) is 18.9 Å². The number of aliphatic hydroxyl groups excluding tert-OH is 1. The van der Waals surface area contributed by atoms with Gasteiger partial charge in [-0.1, -0.05) is 0 Å². The molecular formula is C9H9NOS. The summed E-state index contributed by atoms with van der Waals surface area (Å²) in [6.07, 6.45) is 1.19. The van der Waals surface area contributed by atoms with Gasteiger partial charge >= 0.3 is 0 Å². The lowest BCUT2D eigenvalue weighted by atomic mass is 9.87. The molecule has 0 aromatic carbocycles. The molecule has 0 spiro atoms. The Morgan fingerprint density at radius 3 is 3.25 bits per heavy atom. The van der Waals surface area contributed by atoms with Gasteiger partial charge in [0, 0.05) is 4.88 Å².